The third-order valence-electron chi connectivity index (χ3n) is 3.14. The first-order chi connectivity index (χ1) is 7.54. The zero-order valence-corrected chi connectivity index (χ0v) is 9.99. The molecule has 0 unspecified atom stereocenters. The van der Waals surface area contributed by atoms with Crippen molar-refractivity contribution in [2.75, 3.05) is 6.61 Å². The van der Waals surface area contributed by atoms with E-state index in [2.05, 4.69) is 23.2 Å². The van der Waals surface area contributed by atoms with Crippen LogP contribution in [0.3, 0.4) is 0 Å². The van der Waals surface area contributed by atoms with Crippen molar-refractivity contribution in [3.05, 3.63) is 41.7 Å². The largest absolute Gasteiger partial charge is 0.395 e. The fourth-order valence-electron chi connectivity index (χ4n) is 1.84. The first-order valence-electron chi connectivity index (χ1n) is 5.51. The Bertz CT molecular complexity index is 517. The standard InChI is InChI=1S/C14H17NO/c1-10-13-5-4-12(14(2,3)9-16)8-11(13)6-7-15-10/h4-8,16H,9H2,1-3H3. The number of fused-ring (bicyclic) bond motifs is 1. The Morgan fingerprint density at radius 1 is 1.25 bits per heavy atom. The van der Waals surface area contributed by atoms with Crippen molar-refractivity contribution in [2.24, 2.45) is 0 Å². The normalized spacial score (nSPS) is 12.0. The molecule has 2 nitrogen and oxygen atoms in total. The van der Waals surface area contributed by atoms with Gasteiger partial charge in [-0.05, 0) is 23.9 Å². The highest BCUT2D eigenvalue weighted by Crippen LogP contribution is 2.26. The lowest BCUT2D eigenvalue weighted by atomic mass is 9.84. The van der Waals surface area contributed by atoms with Gasteiger partial charge in [-0.3, -0.25) is 4.98 Å². The Labute approximate surface area is 96.0 Å². The third-order valence-corrected chi connectivity index (χ3v) is 3.14. The number of benzene rings is 1. The second-order valence-electron chi connectivity index (χ2n) is 4.87. The first kappa shape index (κ1) is 11.1. The Kier molecular flexibility index (Phi) is 2.68. The molecule has 2 heteroatoms. The van der Waals surface area contributed by atoms with Gasteiger partial charge in [0.2, 0.25) is 0 Å². The third kappa shape index (κ3) is 1.81. The predicted molar refractivity (Wildman–Crippen MR) is 66.6 cm³/mol. The van der Waals surface area contributed by atoms with E-state index in [1.807, 2.05) is 33.0 Å². The smallest absolute Gasteiger partial charge is 0.0522 e. The molecule has 2 aromatic rings. The Hall–Kier alpha value is -1.41. The molecule has 0 aliphatic rings. The molecule has 1 aromatic carbocycles. The maximum atomic E-state index is 9.36. The van der Waals surface area contributed by atoms with Crippen LogP contribution in [0.15, 0.2) is 30.5 Å². The summed E-state index contributed by atoms with van der Waals surface area (Å²) in [5, 5.41) is 11.7. The van der Waals surface area contributed by atoms with E-state index in [0.717, 1.165) is 11.3 Å². The van der Waals surface area contributed by atoms with Crippen molar-refractivity contribution >= 4 is 10.8 Å². The van der Waals surface area contributed by atoms with Crippen LogP contribution in [0.1, 0.15) is 25.1 Å². The number of pyridine rings is 1. The van der Waals surface area contributed by atoms with E-state index in [1.54, 1.807) is 0 Å². The van der Waals surface area contributed by atoms with Crippen molar-refractivity contribution < 1.29 is 5.11 Å². The molecule has 0 spiro atoms. The van der Waals surface area contributed by atoms with Gasteiger partial charge in [0, 0.05) is 22.7 Å². The number of nitrogens with zero attached hydrogens (tertiary/aromatic N) is 1. The molecule has 1 N–H and O–H groups in total. The highest BCUT2D eigenvalue weighted by molar-refractivity contribution is 5.85. The van der Waals surface area contributed by atoms with Crippen LogP contribution in [-0.4, -0.2) is 16.7 Å². The van der Waals surface area contributed by atoms with E-state index in [4.69, 9.17) is 0 Å². The number of aliphatic hydroxyl groups excluding tert-OH is 1. The Morgan fingerprint density at radius 3 is 2.69 bits per heavy atom. The molecule has 2 rings (SSSR count). The Morgan fingerprint density at radius 2 is 2.00 bits per heavy atom. The van der Waals surface area contributed by atoms with Crippen molar-refractivity contribution in [3.63, 3.8) is 0 Å². The highest BCUT2D eigenvalue weighted by Gasteiger charge is 2.19. The number of hydrogen-bond donors (Lipinski definition) is 1. The molecule has 0 saturated carbocycles. The molecule has 0 atom stereocenters. The molecule has 0 bridgehead atoms. The molecule has 1 aromatic heterocycles. The molecular weight excluding hydrogens is 198 g/mol. The number of hydrogen-bond acceptors (Lipinski definition) is 2. The molecule has 0 saturated heterocycles. The molecule has 84 valence electrons. The summed E-state index contributed by atoms with van der Waals surface area (Å²) in [5.41, 5.74) is 2.02. The van der Waals surface area contributed by atoms with Crippen molar-refractivity contribution in [3.8, 4) is 0 Å². The zero-order valence-electron chi connectivity index (χ0n) is 9.99. The summed E-state index contributed by atoms with van der Waals surface area (Å²) in [7, 11) is 0. The second kappa shape index (κ2) is 3.87. The van der Waals surface area contributed by atoms with Crippen LogP contribution in [0.4, 0.5) is 0 Å². The van der Waals surface area contributed by atoms with Crippen LogP contribution in [0.25, 0.3) is 10.8 Å². The number of rotatable bonds is 2. The topological polar surface area (TPSA) is 33.1 Å². The van der Waals surface area contributed by atoms with Crippen LogP contribution >= 0.6 is 0 Å². The van der Waals surface area contributed by atoms with Gasteiger partial charge in [-0.1, -0.05) is 32.0 Å². The van der Waals surface area contributed by atoms with E-state index in [-0.39, 0.29) is 12.0 Å². The first-order valence-corrected chi connectivity index (χ1v) is 5.51. The summed E-state index contributed by atoms with van der Waals surface area (Å²) in [5.74, 6) is 0. The average Bonchev–Trinajstić information content (AvgIpc) is 2.29. The predicted octanol–water partition coefficient (Wildman–Crippen LogP) is 2.81. The lowest BCUT2D eigenvalue weighted by Gasteiger charge is -2.22. The number of aryl methyl sites for hydroxylation is 1. The molecular formula is C14H17NO. The summed E-state index contributed by atoms with van der Waals surface area (Å²) in [4.78, 5) is 4.27. The number of aliphatic hydroxyl groups is 1. The van der Waals surface area contributed by atoms with Crippen molar-refractivity contribution in [2.45, 2.75) is 26.2 Å². The lowest BCUT2D eigenvalue weighted by molar-refractivity contribution is 0.218. The van der Waals surface area contributed by atoms with Gasteiger partial charge in [-0.25, -0.2) is 0 Å². The molecule has 0 amide bonds. The SMILES string of the molecule is Cc1nccc2cc(C(C)(C)CO)ccc12. The summed E-state index contributed by atoms with van der Waals surface area (Å²) in [6.07, 6.45) is 1.83. The minimum absolute atomic E-state index is 0.155. The van der Waals surface area contributed by atoms with Gasteiger partial charge in [-0.15, -0.1) is 0 Å². The van der Waals surface area contributed by atoms with E-state index in [0.29, 0.717) is 0 Å². The van der Waals surface area contributed by atoms with Gasteiger partial charge >= 0.3 is 0 Å². The minimum Gasteiger partial charge on any atom is -0.395 e. The molecule has 1 heterocycles. The van der Waals surface area contributed by atoms with Crippen molar-refractivity contribution in [1.82, 2.24) is 4.98 Å². The molecule has 0 aliphatic carbocycles. The molecule has 0 aliphatic heterocycles. The van der Waals surface area contributed by atoms with E-state index in [1.165, 1.54) is 10.8 Å². The quantitative estimate of drug-likeness (QED) is 0.835. The average molecular weight is 215 g/mol. The van der Waals surface area contributed by atoms with E-state index in [9.17, 15) is 5.11 Å². The minimum atomic E-state index is -0.189. The molecule has 0 fully saturated rings. The van der Waals surface area contributed by atoms with Gasteiger partial charge in [0.15, 0.2) is 0 Å². The van der Waals surface area contributed by atoms with Gasteiger partial charge in [0.1, 0.15) is 0 Å². The zero-order chi connectivity index (χ0) is 11.8. The maximum absolute atomic E-state index is 9.36. The van der Waals surface area contributed by atoms with Gasteiger partial charge < -0.3 is 5.11 Å². The molecule has 0 radical (unpaired) electrons. The second-order valence-corrected chi connectivity index (χ2v) is 4.87. The highest BCUT2D eigenvalue weighted by atomic mass is 16.3. The van der Waals surface area contributed by atoms with Crippen LogP contribution in [-0.2, 0) is 5.41 Å². The van der Waals surface area contributed by atoms with Crippen molar-refractivity contribution in [1.29, 1.82) is 0 Å². The van der Waals surface area contributed by atoms with Crippen LogP contribution in [0.5, 0.6) is 0 Å². The fraction of sp³-hybridized carbons (Fsp3) is 0.357. The fourth-order valence-corrected chi connectivity index (χ4v) is 1.84. The summed E-state index contributed by atoms with van der Waals surface area (Å²) in [6, 6.07) is 8.32. The van der Waals surface area contributed by atoms with Crippen LogP contribution < -0.4 is 0 Å². The van der Waals surface area contributed by atoms with Crippen LogP contribution in [0, 0.1) is 6.92 Å². The van der Waals surface area contributed by atoms with Gasteiger partial charge in [-0.2, -0.15) is 0 Å². The number of aromatic nitrogens is 1. The summed E-state index contributed by atoms with van der Waals surface area (Å²) >= 11 is 0. The maximum Gasteiger partial charge on any atom is 0.0522 e. The van der Waals surface area contributed by atoms with E-state index < -0.39 is 0 Å². The lowest BCUT2D eigenvalue weighted by Crippen LogP contribution is -2.21. The van der Waals surface area contributed by atoms with Gasteiger partial charge in [0.05, 0.1) is 6.61 Å². The summed E-state index contributed by atoms with van der Waals surface area (Å²) < 4.78 is 0. The molecule has 16 heavy (non-hydrogen) atoms. The van der Waals surface area contributed by atoms with Crippen LogP contribution in [0.2, 0.25) is 0 Å². The Balaban J connectivity index is 2.61. The van der Waals surface area contributed by atoms with E-state index >= 15 is 0 Å². The monoisotopic (exact) mass is 215 g/mol. The van der Waals surface area contributed by atoms with Gasteiger partial charge in [0.25, 0.3) is 0 Å². The summed E-state index contributed by atoms with van der Waals surface area (Å²) in [6.45, 7) is 6.26.